The van der Waals surface area contributed by atoms with Crippen molar-refractivity contribution in [1.29, 1.82) is 0 Å². The van der Waals surface area contributed by atoms with Gasteiger partial charge in [0.05, 0.1) is 5.39 Å². The summed E-state index contributed by atoms with van der Waals surface area (Å²) in [6, 6.07) is 11.4. The van der Waals surface area contributed by atoms with Crippen LogP contribution in [0, 0.1) is 13.8 Å². The Morgan fingerprint density at radius 3 is 2.61 bits per heavy atom. The molecule has 1 aromatic heterocycles. The number of rotatable bonds is 7. The van der Waals surface area contributed by atoms with Crippen molar-refractivity contribution in [2.45, 2.75) is 52.2 Å². The molecule has 0 saturated carbocycles. The molecule has 7 heteroatoms. The molecule has 0 radical (unpaired) electrons. The van der Waals surface area contributed by atoms with E-state index in [0.29, 0.717) is 35.1 Å². The first-order valence-corrected chi connectivity index (χ1v) is 11.3. The summed E-state index contributed by atoms with van der Waals surface area (Å²) >= 11 is 0. The van der Waals surface area contributed by atoms with Gasteiger partial charge in [-0.05, 0) is 75.5 Å². The maximum Gasteiger partial charge on any atom is 0.235 e. The highest BCUT2D eigenvalue weighted by Gasteiger charge is 2.21. The number of hydrogen-bond acceptors (Lipinski definition) is 6. The summed E-state index contributed by atoms with van der Waals surface area (Å²) in [5.74, 6) is 1.29. The zero-order valence-electron chi connectivity index (χ0n) is 19.4. The van der Waals surface area contributed by atoms with Crippen molar-refractivity contribution in [2.24, 2.45) is 0 Å². The average molecular weight is 474 g/mol. The van der Waals surface area contributed by atoms with Gasteiger partial charge in [0.1, 0.15) is 36.1 Å². The van der Waals surface area contributed by atoms with E-state index in [-0.39, 0.29) is 30.2 Å². The summed E-state index contributed by atoms with van der Waals surface area (Å²) < 4.78 is 17.2. The van der Waals surface area contributed by atoms with E-state index in [9.17, 15) is 9.90 Å². The summed E-state index contributed by atoms with van der Waals surface area (Å²) in [5, 5.41) is 10.8. The van der Waals surface area contributed by atoms with E-state index in [1.54, 1.807) is 18.2 Å². The maximum atomic E-state index is 12.9. The first kappa shape index (κ1) is 25.1. The molecule has 1 N–H and O–H groups in total. The molecule has 4 rings (SSSR count). The lowest BCUT2D eigenvalue weighted by atomic mass is 10.0. The molecular formula is C26H32ClNO5. The number of β-amino-alcohol motifs (C(OH)–C–C–N with tert-alkyl or cyclic N) is 1. The Morgan fingerprint density at radius 2 is 1.88 bits per heavy atom. The Kier molecular flexibility index (Phi) is 8.40. The molecule has 1 aliphatic rings. The predicted molar refractivity (Wildman–Crippen MR) is 132 cm³/mol. The number of ether oxygens (including phenoxy) is 2. The molecule has 1 aliphatic heterocycles. The van der Waals surface area contributed by atoms with Gasteiger partial charge in [0.15, 0.2) is 0 Å². The Morgan fingerprint density at radius 1 is 1.12 bits per heavy atom. The number of fused-ring (bicyclic) bond motifs is 1. The molecule has 2 atom stereocenters. The predicted octanol–water partition coefficient (Wildman–Crippen LogP) is 5.24. The monoisotopic (exact) mass is 473 g/mol. The second kappa shape index (κ2) is 11.1. The minimum Gasteiger partial charge on any atom is -0.491 e. The number of benzene rings is 2. The van der Waals surface area contributed by atoms with Crippen LogP contribution in [0.15, 0.2) is 51.9 Å². The molecule has 0 spiro atoms. The first-order valence-electron chi connectivity index (χ1n) is 11.3. The number of hydrogen-bond donors (Lipinski definition) is 1. The van der Waals surface area contributed by atoms with Crippen LogP contribution in [0.1, 0.15) is 37.3 Å². The zero-order valence-corrected chi connectivity index (χ0v) is 20.2. The van der Waals surface area contributed by atoms with Crippen LogP contribution in [0.25, 0.3) is 11.0 Å². The Labute approximate surface area is 200 Å². The molecule has 178 valence electrons. The fourth-order valence-corrected chi connectivity index (χ4v) is 4.31. The topological polar surface area (TPSA) is 72.1 Å². The largest absolute Gasteiger partial charge is 0.491 e. The minimum absolute atomic E-state index is 0. The summed E-state index contributed by atoms with van der Waals surface area (Å²) in [6.07, 6.45) is 4.36. The molecule has 2 aromatic carbocycles. The van der Waals surface area contributed by atoms with E-state index >= 15 is 0 Å². The third kappa shape index (κ3) is 6.28. The zero-order chi connectivity index (χ0) is 22.7. The van der Waals surface area contributed by atoms with Gasteiger partial charge in [0.25, 0.3) is 0 Å². The molecule has 1 fully saturated rings. The van der Waals surface area contributed by atoms with Crippen LogP contribution in [0.4, 0.5) is 0 Å². The number of aryl methyl sites for hydroxylation is 2. The van der Waals surface area contributed by atoms with Crippen LogP contribution in [-0.2, 0) is 0 Å². The van der Waals surface area contributed by atoms with E-state index in [0.717, 1.165) is 17.7 Å². The van der Waals surface area contributed by atoms with Crippen LogP contribution in [0.3, 0.4) is 0 Å². The standard InChI is InChI=1S/C26H31NO5.ClH/c1-17-10-18(2)12-22(11-17)32-25-16-31-24-13-21(7-8-23(24)26(25)29)30-15-20(28)14-27-9-5-4-6-19(27)3;/h7-8,10-13,16,19-20,28H,4-6,9,14-15H2,1-3H3;1H. The highest BCUT2D eigenvalue weighted by molar-refractivity contribution is 5.85. The van der Waals surface area contributed by atoms with Gasteiger partial charge in [-0.2, -0.15) is 0 Å². The molecular weight excluding hydrogens is 442 g/mol. The fraction of sp³-hybridized carbons (Fsp3) is 0.423. The van der Waals surface area contributed by atoms with Gasteiger partial charge in [-0.3, -0.25) is 9.69 Å². The summed E-state index contributed by atoms with van der Waals surface area (Å²) in [4.78, 5) is 15.2. The van der Waals surface area contributed by atoms with Crippen LogP contribution in [0.5, 0.6) is 17.2 Å². The fourth-order valence-electron chi connectivity index (χ4n) is 4.31. The second-order valence-electron chi connectivity index (χ2n) is 8.82. The molecule has 33 heavy (non-hydrogen) atoms. The van der Waals surface area contributed by atoms with Crippen molar-refractivity contribution < 1.29 is 19.0 Å². The van der Waals surface area contributed by atoms with Gasteiger partial charge in [0, 0.05) is 18.7 Å². The van der Waals surface area contributed by atoms with Crippen LogP contribution >= 0.6 is 12.4 Å². The molecule has 2 unspecified atom stereocenters. The van der Waals surface area contributed by atoms with Gasteiger partial charge in [-0.25, -0.2) is 0 Å². The number of aliphatic hydroxyl groups is 1. The summed E-state index contributed by atoms with van der Waals surface area (Å²) in [5.41, 5.74) is 2.29. The SMILES string of the molecule is Cc1cc(C)cc(Oc2coc3cc(OCC(O)CN4CCCCC4C)ccc3c2=O)c1.Cl. The molecule has 0 aliphatic carbocycles. The number of halogens is 1. The highest BCUT2D eigenvalue weighted by Crippen LogP contribution is 2.25. The lowest BCUT2D eigenvalue weighted by Crippen LogP contribution is -2.43. The van der Waals surface area contributed by atoms with E-state index in [4.69, 9.17) is 13.9 Å². The normalized spacial score (nSPS) is 17.4. The van der Waals surface area contributed by atoms with Crippen LogP contribution in [-0.4, -0.2) is 41.8 Å². The summed E-state index contributed by atoms with van der Waals surface area (Å²) in [6.45, 7) is 7.97. The number of nitrogens with zero attached hydrogens (tertiary/aromatic N) is 1. The van der Waals surface area contributed by atoms with Gasteiger partial charge in [-0.1, -0.05) is 12.5 Å². The van der Waals surface area contributed by atoms with Crippen LogP contribution in [0.2, 0.25) is 0 Å². The van der Waals surface area contributed by atoms with Crippen molar-refractivity contribution in [3.63, 3.8) is 0 Å². The van der Waals surface area contributed by atoms with Gasteiger partial charge in [0.2, 0.25) is 11.2 Å². The first-order chi connectivity index (χ1) is 15.4. The van der Waals surface area contributed by atoms with Crippen LogP contribution < -0.4 is 14.9 Å². The Bertz CT molecular complexity index is 1120. The number of piperidine rings is 1. The Hall–Kier alpha value is -2.54. The third-order valence-corrected chi connectivity index (χ3v) is 5.97. The number of aliphatic hydroxyl groups excluding tert-OH is 1. The van der Waals surface area contributed by atoms with Crippen molar-refractivity contribution in [3.05, 3.63) is 64.0 Å². The van der Waals surface area contributed by atoms with Crippen molar-refractivity contribution >= 4 is 23.4 Å². The van der Waals surface area contributed by atoms with E-state index in [1.165, 1.54) is 25.5 Å². The molecule has 1 saturated heterocycles. The molecule has 3 aromatic rings. The van der Waals surface area contributed by atoms with Gasteiger partial charge in [-0.15, -0.1) is 12.4 Å². The van der Waals surface area contributed by atoms with Gasteiger partial charge >= 0.3 is 0 Å². The minimum atomic E-state index is -0.577. The Balaban J connectivity index is 0.00000306. The lowest BCUT2D eigenvalue weighted by Gasteiger charge is -2.34. The quantitative estimate of drug-likeness (QED) is 0.506. The number of likely N-dealkylation sites (tertiary alicyclic amines) is 1. The summed E-state index contributed by atoms with van der Waals surface area (Å²) in [7, 11) is 0. The molecule has 0 bridgehead atoms. The van der Waals surface area contributed by atoms with E-state index in [2.05, 4.69) is 11.8 Å². The van der Waals surface area contributed by atoms with E-state index in [1.807, 2.05) is 32.0 Å². The average Bonchev–Trinajstić information content (AvgIpc) is 2.75. The molecule has 2 heterocycles. The second-order valence-corrected chi connectivity index (χ2v) is 8.82. The van der Waals surface area contributed by atoms with Gasteiger partial charge < -0.3 is 19.0 Å². The molecule has 6 nitrogen and oxygen atoms in total. The lowest BCUT2D eigenvalue weighted by molar-refractivity contribution is 0.0438. The van der Waals surface area contributed by atoms with E-state index < -0.39 is 6.10 Å². The van der Waals surface area contributed by atoms with Crippen molar-refractivity contribution in [3.8, 4) is 17.2 Å². The highest BCUT2D eigenvalue weighted by atomic mass is 35.5. The smallest absolute Gasteiger partial charge is 0.235 e. The van der Waals surface area contributed by atoms with Crippen molar-refractivity contribution in [1.82, 2.24) is 4.90 Å². The maximum absolute atomic E-state index is 12.9. The third-order valence-electron chi connectivity index (χ3n) is 5.97. The molecule has 0 amide bonds. The van der Waals surface area contributed by atoms with Crippen molar-refractivity contribution in [2.75, 3.05) is 19.7 Å².